The molecule has 0 amide bonds. The summed E-state index contributed by atoms with van der Waals surface area (Å²) in [5.74, 6) is 1.33. The molecule has 21 heavy (non-hydrogen) atoms. The van der Waals surface area contributed by atoms with Crippen LogP contribution in [-0.4, -0.2) is 21.9 Å². The van der Waals surface area contributed by atoms with E-state index in [-0.39, 0.29) is 18.0 Å². The largest absolute Gasteiger partial charge is 0.462 e. The Hall–Kier alpha value is -1.32. The molecule has 0 radical (unpaired) electrons. The third kappa shape index (κ3) is 3.86. The Bertz CT molecular complexity index is 481. The lowest BCUT2D eigenvalue weighted by Crippen LogP contribution is -2.36. The molecule has 4 atom stereocenters. The van der Waals surface area contributed by atoms with E-state index in [2.05, 4.69) is 25.9 Å². The number of nitrogens with zero attached hydrogens (tertiary/aromatic N) is 2. The van der Waals surface area contributed by atoms with Crippen molar-refractivity contribution in [3.8, 4) is 0 Å². The Morgan fingerprint density at radius 1 is 1.38 bits per heavy atom. The lowest BCUT2D eigenvalue weighted by Gasteiger charge is -2.37. The van der Waals surface area contributed by atoms with Crippen molar-refractivity contribution in [2.24, 2.45) is 24.8 Å². The minimum Gasteiger partial charge on any atom is -0.462 e. The second-order valence-corrected chi connectivity index (χ2v) is 6.97. The molecule has 0 aromatic carbocycles. The molecule has 0 bridgehead atoms. The fraction of sp³-hybridized carbons (Fsp3) is 0.765. The lowest BCUT2D eigenvalue weighted by atomic mass is 9.75. The number of aryl methyl sites for hydroxylation is 1. The third-order valence-electron chi connectivity index (χ3n) is 4.81. The highest BCUT2D eigenvalue weighted by atomic mass is 16.5. The maximum absolute atomic E-state index is 12.4. The smallest absolute Gasteiger partial charge is 0.313 e. The molecule has 4 nitrogen and oxygen atoms in total. The first-order valence-corrected chi connectivity index (χ1v) is 8.07. The van der Waals surface area contributed by atoms with Crippen LogP contribution >= 0.6 is 0 Å². The number of hydrogen-bond donors (Lipinski definition) is 0. The van der Waals surface area contributed by atoms with Crippen molar-refractivity contribution in [2.45, 2.75) is 59.0 Å². The van der Waals surface area contributed by atoms with E-state index < -0.39 is 0 Å². The molecule has 1 unspecified atom stereocenters. The average Bonchev–Trinajstić information content (AvgIpc) is 2.84. The highest BCUT2D eigenvalue weighted by molar-refractivity contribution is 5.77. The van der Waals surface area contributed by atoms with Gasteiger partial charge in [-0.2, -0.15) is 5.10 Å². The second kappa shape index (κ2) is 6.63. The summed E-state index contributed by atoms with van der Waals surface area (Å²) in [4.78, 5) is 12.4. The van der Waals surface area contributed by atoms with Crippen LogP contribution in [0.1, 0.15) is 58.4 Å². The topological polar surface area (TPSA) is 44.1 Å². The standard InChI is InChI=1S/C17H28N2O2/c1-11(2)15-7-6-12(3)8-16(15)21-17(20)13(4)14-9-18-19(5)10-14/h9-13,15-16H,6-8H2,1-5H3/t12-,13?,15+,16-/m1/s1. The minimum absolute atomic E-state index is 0.0698. The Balaban J connectivity index is 2.02. The van der Waals surface area contributed by atoms with Gasteiger partial charge in [0.05, 0.1) is 12.1 Å². The molecule has 1 aromatic rings. The summed E-state index contributed by atoms with van der Waals surface area (Å²) in [7, 11) is 1.86. The maximum Gasteiger partial charge on any atom is 0.313 e. The molecular weight excluding hydrogens is 264 g/mol. The summed E-state index contributed by atoms with van der Waals surface area (Å²) in [6.45, 7) is 8.61. The van der Waals surface area contributed by atoms with Gasteiger partial charge in [0, 0.05) is 18.8 Å². The van der Waals surface area contributed by atoms with Gasteiger partial charge in [0.1, 0.15) is 6.10 Å². The Labute approximate surface area is 127 Å². The Kier molecular flexibility index (Phi) is 5.07. The molecule has 0 spiro atoms. The zero-order valence-electron chi connectivity index (χ0n) is 13.9. The van der Waals surface area contributed by atoms with Gasteiger partial charge in [-0.3, -0.25) is 9.48 Å². The van der Waals surface area contributed by atoms with Crippen molar-refractivity contribution in [3.63, 3.8) is 0 Å². The maximum atomic E-state index is 12.4. The van der Waals surface area contributed by atoms with Crippen LogP contribution in [0.5, 0.6) is 0 Å². The van der Waals surface area contributed by atoms with E-state index >= 15 is 0 Å². The number of hydrogen-bond acceptors (Lipinski definition) is 3. The van der Waals surface area contributed by atoms with Crippen LogP contribution in [-0.2, 0) is 16.6 Å². The first-order valence-electron chi connectivity index (χ1n) is 8.07. The molecule has 1 aliphatic carbocycles. The van der Waals surface area contributed by atoms with E-state index in [0.717, 1.165) is 18.4 Å². The predicted octanol–water partition coefficient (Wildman–Crippen LogP) is 3.53. The van der Waals surface area contributed by atoms with Crippen LogP contribution in [0.15, 0.2) is 12.4 Å². The molecule has 0 N–H and O–H groups in total. The first kappa shape index (κ1) is 16.1. The molecule has 118 valence electrons. The summed E-state index contributed by atoms with van der Waals surface area (Å²) in [6.07, 6.45) is 7.10. The highest BCUT2D eigenvalue weighted by Gasteiger charge is 2.34. The van der Waals surface area contributed by atoms with Crippen molar-refractivity contribution in [1.82, 2.24) is 9.78 Å². The summed E-state index contributed by atoms with van der Waals surface area (Å²) >= 11 is 0. The number of esters is 1. The van der Waals surface area contributed by atoms with E-state index in [1.54, 1.807) is 10.9 Å². The van der Waals surface area contributed by atoms with Gasteiger partial charge in [0.2, 0.25) is 0 Å². The average molecular weight is 292 g/mol. The molecule has 0 saturated heterocycles. The zero-order chi connectivity index (χ0) is 15.6. The molecule has 1 saturated carbocycles. The number of carbonyl (C=O) groups is 1. The van der Waals surface area contributed by atoms with Crippen LogP contribution in [0.3, 0.4) is 0 Å². The molecule has 0 aliphatic heterocycles. The van der Waals surface area contributed by atoms with Gasteiger partial charge >= 0.3 is 5.97 Å². The van der Waals surface area contributed by atoms with Gasteiger partial charge in [-0.1, -0.05) is 27.2 Å². The number of rotatable bonds is 4. The zero-order valence-corrected chi connectivity index (χ0v) is 13.9. The van der Waals surface area contributed by atoms with E-state index in [0.29, 0.717) is 17.8 Å². The molecule has 1 fully saturated rings. The van der Waals surface area contributed by atoms with Crippen LogP contribution in [0, 0.1) is 17.8 Å². The van der Waals surface area contributed by atoms with Crippen LogP contribution < -0.4 is 0 Å². The quantitative estimate of drug-likeness (QED) is 0.797. The van der Waals surface area contributed by atoms with E-state index in [4.69, 9.17) is 4.74 Å². The van der Waals surface area contributed by atoms with Crippen molar-refractivity contribution in [3.05, 3.63) is 18.0 Å². The van der Waals surface area contributed by atoms with E-state index in [1.807, 2.05) is 20.2 Å². The summed E-state index contributed by atoms with van der Waals surface area (Å²) in [6, 6.07) is 0. The van der Waals surface area contributed by atoms with E-state index in [1.165, 1.54) is 6.42 Å². The minimum atomic E-state index is -0.247. The van der Waals surface area contributed by atoms with Gasteiger partial charge in [-0.25, -0.2) is 0 Å². The van der Waals surface area contributed by atoms with Crippen molar-refractivity contribution in [1.29, 1.82) is 0 Å². The second-order valence-electron chi connectivity index (χ2n) is 6.97. The van der Waals surface area contributed by atoms with Gasteiger partial charge < -0.3 is 4.74 Å². The molecular formula is C17H28N2O2. The van der Waals surface area contributed by atoms with Crippen molar-refractivity contribution < 1.29 is 9.53 Å². The van der Waals surface area contributed by atoms with Crippen LogP contribution in [0.2, 0.25) is 0 Å². The number of ether oxygens (including phenoxy) is 1. The monoisotopic (exact) mass is 292 g/mol. The fourth-order valence-electron chi connectivity index (χ4n) is 3.30. The Morgan fingerprint density at radius 3 is 2.67 bits per heavy atom. The molecule has 1 heterocycles. The van der Waals surface area contributed by atoms with E-state index in [9.17, 15) is 4.79 Å². The number of aromatic nitrogens is 2. The molecule has 4 heteroatoms. The normalized spacial score (nSPS) is 27.6. The van der Waals surface area contributed by atoms with Crippen LogP contribution in [0.4, 0.5) is 0 Å². The van der Waals surface area contributed by atoms with Crippen molar-refractivity contribution >= 4 is 5.97 Å². The van der Waals surface area contributed by atoms with Gasteiger partial charge in [-0.15, -0.1) is 0 Å². The van der Waals surface area contributed by atoms with Gasteiger partial charge in [-0.05, 0) is 37.5 Å². The van der Waals surface area contributed by atoms with Crippen molar-refractivity contribution in [2.75, 3.05) is 0 Å². The van der Waals surface area contributed by atoms with Gasteiger partial charge in [0.15, 0.2) is 0 Å². The summed E-state index contributed by atoms with van der Waals surface area (Å²) in [5, 5.41) is 4.13. The summed E-state index contributed by atoms with van der Waals surface area (Å²) < 4.78 is 7.61. The predicted molar refractivity (Wildman–Crippen MR) is 82.8 cm³/mol. The van der Waals surface area contributed by atoms with Gasteiger partial charge in [0.25, 0.3) is 0 Å². The molecule has 1 aromatic heterocycles. The number of carbonyl (C=O) groups excluding carboxylic acids is 1. The Morgan fingerprint density at radius 2 is 2.10 bits per heavy atom. The fourth-order valence-corrected chi connectivity index (χ4v) is 3.30. The highest BCUT2D eigenvalue weighted by Crippen LogP contribution is 2.36. The summed E-state index contributed by atoms with van der Waals surface area (Å²) in [5.41, 5.74) is 0.924. The van der Waals surface area contributed by atoms with Crippen LogP contribution in [0.25, 0.3) is 0 Å². The lowest BCUT2D eigenvalue weighted by molar-refractivity contribution is -0.157. The SMILES string of the molecule is CC(C(=O)O[C@@H]1C[C@H](C)CC[C@H]1C(C)C)c1cnn(C)c1. The first-order chi connectivity index (χ1) is 9.88. The third-order valence-corrected chi connectivity index (χ3v) is 4.81. The molecule has 1 aliphatic rings. The molecule has 2 rings (SSSR count).